The van der Waals surface area contributed by atoms with Gasteiger partial charge in [0.2, 0.25) is 0 Å². The smallest absolute Gasteiger partial charge is 0.0504 e. The van der Waals surface area contributed by atoms with Gasteiger partial charge in [-0.05, 0) is 40.6 Å². The molecule has 2 heterocycles. The van der Waals surface area contributed by atoms with E-state index in [4.69, 9.17) is 5.73 Å². The zero-order valence-corrected chi connectivity index (χ0v) is 11.7. The average Bonchev–Trinajstić information content (AvgIpc) is 3.06. The van der Waals surface area contributed by atoms with Gasteiger partial charge < -0.3 is 10.3 Å². The number of benzene rings is 2. The van der Waals surface area contributed by atoms with Gasteiger partial charge in [-0.1, -0.05) is 24.3 Å². The first kappa shape index (κ1) is 11.6. The Labute approximate surface area is 121 Å². The number of hydrogen-bond donors (Lipinski definition) is 1. The summed E-state index contributed by atoms with van der Waals surface area (Å²) in [7, 11) is 0. The largest absolute Gasteiger partial charge is 0.398 e. The molecule has 0 saturated heterocycles. The van der Waals surface area contributed by atoms with Gasteiger partial charge in [0, 0.05) is 28.5 Å². The Morgan fingerprint density at radius 3 is 2.80 bits per heavy atom. The average molecular weight is 278 g/mol. The SMILES string of the molecule is Nc1cccc2c1ccn2Cc1csc2ccccc12. The van der Waals surface area contributed by atoms with Crippen LogP contribution in [0.15, 0.2) is 60.1 Å². The van der Waals surface area contributed by atoms with Gasteiger partial charge in [0.05, 0.1) is 5.52 Å². The molecule has 4 aromatic rings. The molecule has 98 valence electrons. The van der Waals surface area contributed by atoms with Crippen molar-refractivity contribution in [1.82, 2.24) is 4.57 Å². The van der Waals surface area contributed by atoms with Gasteiger partial charge >= 0.3 is 0 Å². The maximum absolute atomic E-state index is 6.02. The number of rotatable bonds is 2. The third-order valence-corrected chi connectivity index (χ3v) is 4.76. The van der Waals surface area contributed by atoms with E-state index < -0.39 is 0 Å². The molecule has 0 radical (unpaired) electrons. The van der Waals surface area contributed by atoms with E-state index in [0.717, 1.165) is 17.6 Å². The Morgan fingerprint density at radius 1 is 0.950 bits per heavy atom. The number of thiophene rings is 1. The highest BCUT2D eigenvalue weighted by Crippen LogP contribution is 2.28. The van der Waals surface area contributed by atoms with Crippen molar-refractivity contribution >= 4 is 38.0 Å². The summed E-state index contributed by atoms with van der Waals surface area (Å²) in [5, 5.41) is 4.73. The van der Waals surface area contributed by atoms with Crippen LogP contribution >= 0.6 is 11.3 Å². The minimum absolute atomic E-state index is 0.844. The molecule has 0 saturated carbocycles. The third-order valence-electron chi connectivity index (χ3n) is 3.75. The van der Waals surface area contributed by atoms with Crippen molar-refractivity contribution in [2.75, 3.05) is 5.73 Å². The second kappa shape index (κ2) is 4.39. The number of nitrogen functional groups attached to an aromatic ring is 1. The van der Waals surface area contributed by atoms with Crippen LogP contribution in [0.4, 0.5) is 5.69 Å². The first-order valence-electron chi connectivity index (χ1n) is 6.61. The van der Waals surface area contributed by atoms with Crippen molar-refractivity contribution < 1.29 is 0 Å². The second-order valence-corrected chi connectivity index (χ2v) is 5.89. The molecular weight excluding hydrogens is 264 g/mol. The molecule has 2 aromatic carbocycles. The predicted octanol–water partition coefficient (Wildman–Crippen LogP) is 4.49. The van der Waals surface area contributed by atoms with Gasteiger partial charge in [0.15, 0.2) is 0 Å². The van der Waals surface area contributed by atoms with E-state index in [9.17, 15) is 0 Å². The van der Waals surface area contributed by atoms with Gasteiger partial charge in [-0.25, -0.2) is 0 Å². The lowest BCUT2D eigenvalue weighted by Crippen LogP contribution is -1.97. The molecule has 0 fully saturated rings. The van der Waals surface area contributed by atoms with Crippen LogP contribution in [0, 0.1) is 0 Å². The van der Waals surface area contributed by atoms with E-state index in [1.165, 1.54) is 21.2 Å². The zero-order chi connectivity index (χ0) is 13.5. The summed E-state index contributed by atoms with van der Waals surface area (Å²) in [6, 6.07) is 16.8. The quantitative estimate of drug-likeness (QED) is 0.538. The monoisotopic (exact) mass is 278 g/mol. The molecular formula is C17H14N2S. The highest BCUT2D eigenvalue weighted by Gasteiger charge is 2.07. The fraction of sp³-hybridized carbons (Fsp3) is 0.0588. The number of aromatic nitrogens is 1. The van der Waals surface area contributed by atoms with Crippen molar-refractivity contribution in [3.05, 3.63) is 65.7 Å². The fourth-order valence-corrected chi connectivity index (χ4v) is 3.68. The summed E-state index contributed by atoms with van der Waals surface area (Å²) < 4.78 is 3.61. The molecule has 4 rings (SSSR count). The summed E-state index contributed by atoms with van der Waals surface area (Å²) in [6.45, 7) is 0.886. The molecule has 0 atom stereocenters. The molecule has 0 amide bonds. The minimum atomic E-state index is 0.844. The van der Waals surface area contributed by atoms with Crippen LogP contribution < -0.4 is 5.73 Å². The molecule has 0 spiro atoms. The van der Waals surface area contributed by atoms with Crippen molar-refractivity contribution in [3.63, 3.8) is 0 Å². The molecule has 0 bridgehead atoms. The van der Waals surface area contributed by atoms with Gasteiger partial charge in [-0.15, -0.1) is 11.3 Å². The van der Waals surface area contributed by atoms with Gasteiger partial charge in [-0.3, -0.25) is 0 Å². The number of fused-ring (bicyclic) bond motifs is 2. The molecule has 0 unspecified atom stereocenters. The molecule has 0 aliphatic heterocycles. The van der Waals surface area contributed by atoms with E-state index in [2.05, 4.69) is 52.5 Å². The van der Waals surface area contributed by atoms with Crippen LogP contribution in [0.2, 0.25) is 0 Å². The van der Waals surface area contributed by atoms with Crippen molar-refractivity contribution in [3.8, 4) is 0 Å². The highest BCUT2D eigenvalue weighted by molar-refractivity contribution is 7.17. The Kier molecular flexibility index (Phi) is 2.54. The third kappa shape index (κ3) is 1.71. The molecule has 0 aliphatic rings. The first-order valence-corrected chi connectivity index (χ1v) is 7.49. The second-order valence-electron chi connectivity index (χ2n) is 4.98. The van der Waals surface area contributed by atoms with Crippen LogP contribution in [0.3, 0.4) is 0 Å². The van der Waals surface area contributed by atoms with Gasteiger partial charge in [0.25, 0.3) is 0 Å². The summed E-state index contributed by atoms with van der Waals surface area (Å²) in [6.07, 6.45) is 2.12. The lowest BCUT2D eigenvalue weighted by molar-refractivity contribution is 0.846. The molecule has 0 aliphatic carbocycles. The lowest BCUT2D eigenvalue weighted by atomic mass is 10.2. The summed E-state index contributed by atoms with van der Waals surface area (Å²) in [5.41, 5.74) is 9.43. The molecule has 2 N–H and O–H groups in total. The lowest BCUT2D eigenvalue weighted by Gasteiger charge is -2.05. The van der Waals surface area contributed by atoms with Crippen LogP contribution in [-0.4, -0.2) is 4.57 Å². The molecule has 2 nitrogen and oxygen atoms in total. The van der Waals surface area contributed by atoms with Crippen LogP contribution in [-0.2, 0) is 6.54 Å². The Balaban J connectivity index is 1.83. The Bertz CT molecular complexity index is 902. The van der Waals surface area contributed by atoms with Crippen molar-refractivity contribution in [1.29, 1.82) is 0 Å². The maximum atomic E-state index is 6.02. The fourth-order valence-electron chi connectivity index (χ4n) is 2.72. The molecule has 2 aromatic heterocycles. The van der Waals surface area contributed by atoms with E-state index in [1.807, 2.05) is 12.1 Å². The number of nitrogens with zero attached hydrogens (tertiary/aromatic N) is 1. The van der Waals surface area contributed by atoms with E-state index >= 15 is 0 Å². The Hall–Kier alpha value is -2.26. The number of anilines is 1. The van der Waals surface area contributed by atoms with E-state index in [1.54, 1.807) is 11.3 Å². The Morgan fingerprint density at radius 2 is 1.85 bits per heavy atom. The van der Waals surface area contributed by atoms with Gasteiger partial charge in [0.1, 0.15) is 0 Å². The van der Waals surface area contributed by atoms with Crippen LogP contribution in [0.5, 0.6) is 0 Å². The normalized spacial score (nSPS) is 11.4. The van der Waals surface area contributed by atoms with E-state index in [-0.39, 0.29) is 0 Å². The standard InChI is InChI=1S/C17H14N2S/c18-15-5-3-6-16-14(15)8-9-19(16)10-12-11-20-17-7-2-1-4-13(12)17/h1-9,11H,10,18H2. The van der Waals surface area contributed by atoms with Crippen LogP contribution in [0.1, 0.15) is 5.56 Å². The maximum Gasteiger partial charge on any atom is 0.0504 e. The topological polar surface area (TPSA) is 30.9 Å². The first-order chi connectivity index (χ1) is 9.83. The van der Waals surface area contributed by atoms with E-state index in [0.29, 0.717) is 0 Å². The van der Waals surface area contributed by atoms with Gasteiger partial charge in [-0.2, -0.15) is 0 Å². The number of hydrogen-bond acceptors (Lipinski definition) is 2. The molecule has 3 heteroatoms. The summed E-state index contributed by atoms with van der Waals surface area (Å²) >= 11 is 1.81. The predicted molar refractivity (Wildman–Crippen MR) is 87.3 cm³/mol. The summed E-state index contributed by atoms with van der Waals surface area (Å²) in [4.78, 5) is 0. The molecule has 20 heavy (non-hydrogen) atoms. The summed E-state index contributed by atoms with van der Waals surface area (Å²) in [5.74, 6) is 0. The van der Waals surface area contributed by atoms with Crippen LogP contribution in [0.25, 0.3) is 21.0 Å². The highest BCUT2D eigenvalue weighted by atomic mass is 32.1. The number of nitrogens with two attached hydrogens (primary N) is 1. The zero-order valence-electron chi connectivity index (χ0n) is 10.9. The minimum Gasteiger partial charge on any atom is -0.398 e. The van der Waals surface area contributed by atoms with Crippen molar-refractivity contribution in [2.45, 2.75) is 6.54 Å². The van der Waals surface area contributed by atoms with Crippen molar-refractivity contribution in [2.24, 2.45) is 0 Å².